The van der Waals surface area contributed by atoms with E-state index in [1.807, 2.05) is 0 Å². The minimum atomic E-state index is -0.157. The highest BCUT2D eigenvalue weighted by molar-refractivity contribution is 5.77. The van der Waals surface area contributed by atoms with E-state index in [0.717, 1.165) is 19.3 Å². The van der Waals surface area contributed by atoms with Gasteiger partial charge in [-0.3, -0.25) is 4.79 Å². The summed E-state index contributed by atoms with van der Waals surface area (Å²) in [6, 6.07) is 0. The minimum Gasteiger partial charge on any atom is -0.368 e. The summed E-state index contributed by atoms with van der Waals surface area (Å²) in [6.45, 7) is 0.979. The normalized spacial score (nSPS) is 24.8. The van der Waals surface area contributed by atoms with E-state index in [0.29, 0.717) is 12.5 Å². The fourth-order valence-electron chi connectivity index (χ4n) is 1.88. The molecule has 0 aromatic heterocycles. The van der Waals surface area contributed by atoms with Gasteiger partial charge in [0.15, 0.2) is 0 Å². The number of carbonyl (C=O) groups excluding carboxylic acids is 1. The SMILES string of the molecule is C#CCNC(=O)COC1CCCC1CN. The molecule has 1 fully saturated rings. The molecule has 4 heteroatoms. The first-order chi connectivity index (χ1) is 7.27. The Kier molecular flexibility index (Phi) is 5.16. The molecular weight excluding hydrogens is 192 g/mol. The smallest absolute Gasteiger partial charge is 0.246 e. The molecule has 4 nitrogen and oxygen atoms in total. The predicted octanol–water partition coefficient (Wildman–Crippen LogP) is -0.120. The Hall–Kier alpha value is -1.05. The molecule has 0 heterocycles. The number of hydrogen-bond donors (Lipinski definition) is 2. The maximum atomic E-state index is 11.2. The number of nitrogens with one attached hydrogen (secondary N) is 1. The summed E-state index contributed by atoms with van der Waals surface area (Å²) in [5.74, 6) is 2.59. The van der Waals surface area contributed by atoms with Gasteiger partial charge in [-0.25, -0.2) is 0 Å². The molecular formula is C11H18N2O2. The van der Waals surface area contributed by atoms with Crippen molar-refractivity contribution in [3.8, 4) is 12.3 Å². The van der Waals surface area contributed by atoms with Gasteiger partial charge in [0, 0.05) is 0 Å². The first-order valence-electron chi connectivity index (χ1n) is 5.29. The molecule has 3 N–H and O–H groups in total. The van der Waals surface area contributed by atoms with E-state index in [1.54, 1.807) is 0 Å². The van der Waals surface area contributed by atoms with Crippen molar-refractivity contribution in [1.29, 1.82) is 0 Å². The van der Waals surface area contributed by atoms with Gasteiger partial charge in [-0.2, -0.15) is 0 Å². The van der Waals surface area contributed by atoms with Crippen LogP contribution in [0.5, 0.6) is 0 Å². The minimum absolute atomic E-state index is 0.0862. The second-order valence-corrected chi connectivity index (χ2v) is 3.76. The van der Waals surface area contributed by atoms with Gasteiger partial charge in [0.05, 0.1) is 12.6 Å². The van der Waals surface area contributed by atoms with Gasteiger partial charge in [-0.05, 0) is 25.3 Å². The number of nitrogens with two attached hydrogens (primary N) is 1. The summed E-state index contributed by atoms with van der Waals surface area (Å²) in [5, 5.41) is 2.56. The lowest BCUT2D eigenvalue weighted by molar-refractivity contribution is -0.128. The number of amides is 1. The first kappa shape index (κ1) is 12.0. The molecule has 15 heavy (non-hydrogen) atoms. The molecule has 1 saturated carbocycles. The Morgan fingerprint density at radius 2 is 2.40 bits per heavy atom. The van der Waals surface area contributed by atoms with Crippen molar-refractivity contribution in [2.45, 2.75) is 25.4 Å². The molecule has 0 spiro atoms. The Morgan fingerprint density at radius 3 is 3.07 bits per heavy atom. The van der Waals surface area contributed by atoms with Crippen molar-refractivity contribution in [2.24, 2.45) is 11.7 Å². The molecule has 1 aliphatic rings. The van der Waals surface area contributed by atoms with Gasteiger partial charge in [0.2, 0.25) is 5.91 Å². The van der Waals surface area contributed by atoms with Gasteiger partial charge in [-0.15, -0.1) is 6.42 Å². The van der Waals surface area contributed by atoms with Crippen molar-refractivity contribution in [2.75, 3.05) is 19.7 Å². The van der Waals surface area contributed by atoms with E-state index in [1.165, 1.54) is 0 Å². The Bertz CT molecular complexity index is 247. The number of ether oxygens (including phenoxy) is 1. The van der Waals surface area contributed by atoms with E-state index in [-0.39, 0.29) is 25.2 Å². The van der Waals surface area contributed by atoms with Crippen molar-refractivity contribution in [3.05, 3.63) is 0 Å². The number of terminal acetylenes is 1. The van der Waals surface area contributed by atoms with E-state index >= 15 is 0 Å². The molecule has 0 bridgehead atoms. The molecule has 0 aliphatic heterocycles. The molecule has 1 aliphatic carbocycles. The van der Waals surface area contributed by atoms with Crippen LogP contribution in [0.2, 0.25) is 0 Å². The van der Waals surface area contributed by atoms with Crippen molar-refractivity contribution in [3.63, 3.8) is 0 Å². The standard InChI is InChI=1S/C11H18N2O2/c1-2-6-13-11(14)8-15-10-5-3-4-9(10)7-12/h1,9-10H,3-8,12H2,(H,13,14). The monoisotopic (exact) mass is 210 g/mol. The van der Waals surface area contributed by atoms with Crippen LogP contribution < -0.4 is 11.1 Å². The summed E-state index contributed by atoms with van der Waals surface area (Å²) in [7, 11) is 0. The highest BCUT2D eigenvalue weighted by Gasteiger charge is 2.27. The Morgan fingerprint density at radius 1 is 1.60 bits per heavy atom. The molecule has 1 amide bonds. The fourth-order valence-corrected chi connectivity index (χ4v) is 1.88. The maximum Gasteiger partial charge on any atom is 0.246 e. The van der Waals surface area contributed by atoms with Crippen LogP contribution in [0.3, 0.4) is 0 Å². The average Bonchev–Trinajstić information content (AvgIpc) is 2.70. The molecule has 2 atom stereocenters. The van der Waals surface area contributed by atoms with E-state index < -0.39 is 0 Å². The predicted molar refractivity (Wildman–Crippen MR) is 58.0 cm³/mol. The fraction of sp³-hybridized carbons (Fsp3) is 0.727. The van der Waals surface area contributed by atoms with E-state index in [4.69, 9.17) is 16.9 Å². The molecule has 0 radical (unpaired) electrons. The molecule has 84 valence electrons. The van der Waals surface area contributed by atoms with Crippen LogP contribution in [0.1, 0.15) is 19.3 Å². The van der Waals surface area contributed by atoms with Crippen LogP contribution in [0.15, 0.2) is 0 Å². The Labute approximate surface area is 90.5 Å². The molecule has 0 saturated heterocycles. The van der Waals surface area contributed by atoms with Crippen LogP contribution >= 0.6 is 0 Å². The quantitative estimate of drug-likeness (QED) is 0.622. The topological polar surface area (TPSA) is 64.3 Å². The van der Waals surface area contributed by atoms with Gasteiger partial charge in [-0.1, -0.05) is 12.3 Å². The molecule has 2 unspecified atom stereocenters. The lowest BCUT2D eigenvalue weighted by Gasteiger charge is -2.17. The lowest BCUT2D eigenvalue weighted by atomic mass is 10.1. The highest BCUT2D eigenvalue weighted by atomic mass is 16.5. The summed E-state index contributed by atoms with van der Waals surface area (Å²) in [6.07, 6.45) is 8.41. The third kappa shape index (κ3) is 3.90. The van der Waals surface area contributed by atoms with E-state index in [2.05, 4.69) is 11.2 Å². The average molecular weight is 210 g/mol. The molecule has 1 rings (SSSR count). The zero-order valence-corrected chi connectivity index (χ0v) is 8.87. The van der Waals surface area contributed by atoms with Crippen molar-refractivity contribution >= 4 is 5.91 Å². The van der Waals surface area contributed by atoms with Crippen molar-refractivity contribution in [1.82, 2.24) is 5.32 Å². The largest absolute Gasteiger partial charge is 0.368 e. The van der Waals surface area contributed by atoms with Gasteiger partial charge >= 0.3 is 0 Å². The second-order valence-electron chi connectivity index (χ2n) is 3.76. The van der Waals surface area contributed by atoms with Gasteiger partial charge < -0.3 is 15.8 Å². The van der Waals surface area contributed by atoms with Crippen LogP contribution in [-0.2, 0) is 9.53 Å². The summed E-state index contributed by atoms with van der Waals surface area (Å²) in [5.41, 5.74) is 5.60. The molecule has 0 aromatic carbocycles. The van der Waals surface area contributed by atoms with Gasteiger partial charge in [0.25, 0.3) is 0 Å². The Balaban J connectivity index is 2.19. The van der Waals surface area contributed by atoms with Crippen LogP contribution in [0.25, 0.3) is 0 Å². The maximum absolute atomic E-state index is 11.2. The third-order valence-corrected chi connectivity index (χ3v) is 2.71. The summed E-state index contributed by atoms with van der Waals surface area (Å²) < 4.78 is 5.50. The number of hydrogen-bond acceptors (Lipinski definition) is 3. The highest BCUT2D eigenvalue weighted by Crippen LogP contribution is 2.27. The zero-order valence-electron chi connectivity index (χ0n) is 8.87. The molecule has 0 aromatic rings. The van der Waals surface area contributed by atoms with Crippen molar-refractivity contribution < 1.29 is 9.53 Å². The second kappa shape index (κ2) is 6.44. The van der Waals surface area contributed by atoms with Crippen LogP contribution in [0.4, 0.5) is 0 Å². The lowest BCUT2D eigenvalue weighted by Crippen LogP contribution is -2.32. The first-order valence-corrected chi connectivity index (χ1v) is 5.29. The van der Waals surface area contributed by atoms with Crippen LogP contribution in [0, 0.1) is 18.3 Å². The zero-order chi connectivity index (χ0) is 11.1. The van der Waals surface area contributed by atoms with E-state index in [9.17, 15) is 4.79 Å². The number of rotatable bonds is 5. The number of carbonyl (C=O) groups is 1. The summed E-state index contributed by atoms with van der Waals surface area (Å²) >= 11 is 0. The van der Waals surface area contributed by atoms with Gasteiger partial charge in [0.1, 0.15) is 6.61 Å². The summed E-state index contributed by atoms with van der Waals surface area (Å²) in [4.78, 5) is 11.2. The van der Waals surface area contributed by atoms with Crippen LogP contribution in [-0.4, -0.2) is 31.7 Å². The third-order valence-electron chi connectivity index (χ3n) is 2.71.